The van der Waals surface area contributed by atoms with Gasteiger partial charge in [-0.05, 0) is 38.8 Å². The SMILES string of the molecule is CC(C)Oc1cc(CCCO)n(Cc2ccc(Cl)cc2F)n1. The van der Waals surface area contributed by atoms with E-state index >= 15 is 0 Å². The molecule has 2 rings (SSSR count). The van der Waals surface area contributed by atoms with Crippen LogP contribution in [0.25, 0.3) is 0 Å². The van der Waals surface area contributed by atoms with E-state index in [-0.39, 0.29) is 18.5 Å². The van der Waals surface area contributed by atoms with Crippen LogP contribution in [0.3, 0.4) is 0 Å². The maximum absolute atomic E-state index is 13.9. The first-order valence-electron chi connectivity index (χ1n) is 7.27. The molecule has 0 saturated heterocycles. The summed E-state index contributed by atoms with van der Waals surface area (Å²) in [6, 6.07) is 6.43. The number of hydrogen-bond acceptors (Lipinski definition) is 3. The summed E-state index contributed by atoms with van der Waals surface area (Å²) >= 11 is 5.77. The van der Waals surface area contributed by atoms with Crippen LogP contribution in [0.15, 0.2) is 24.3 Å². The summed E-state index contributed by atoms with van der Waals surface area (Å²) in [5, 5.41) is 13.7. The summed E-state index contributed by atoms with van der Waals surface area (Å²) in [4.78, 5) is 0. The van der Waals surface area contributed by atoms with E-state index in [1.54, 1.807) is 16.8 Å². The first-order chi connectivity index (χ1) is 10.5. The van der Waals surface area contributed by atoms with E-state index in [1.807, 2.05) is 19.9 Å². The number of aryl methyl sites for hydroxylation is 1. The highest BCUT2D eigenvalue weighted by Crippen LogP contribution is 2.20. The zero-order valence-electron chi connectivity index (χ0n) is 12.7. The average Bonchev–Trinajstić information content (AvgIpc) is 2.80. The molecule has 0 radical (unpaired) electrons. The van der Waals surface area contributed by atoms with Gasteiger partial charge in [0.15, 0.2) is 0 Å². The fraction of sp³-hybridized carbons (Fsp3) is 0.438. The van der Waals surface area contributed by atoms with Crippen LogP contribution in [0.1, 0.15) is 31.5 Å². The quantitative estimate of drug-likeness (QED) is 0.848. The van der Waals surface area contributed by atoms with Crippen molar-refractivity contribution in [1.29, 1.82) is 0 Å². The highest BCUT2D eigenvalue weighted by molar-refractivity contribution is 6.30. The molecule has 0 aliphatic rings. The Labute approximate surface area is 134 Å². The zero-order chi connectivity index (χ0) is 16.1. The lowest BCUT2D eigenvalue weighted by atomic mass is 10.2. The predicted octanol–water partition coefficient (Wildman–Crippen LogP) is 3.44. The highest BCUT2D eigenvalue weighted by Gasteiger charge is 2.12. The van der Waals surface area contributed by atoms with Crippen LogP contribution in [-0.4, -0.2) is 27.6 Å². The molecular formula is C16H20ClFN2O2. The smallest absolute Gasteiger partial charge is 0.233 e. The zero-order valence-corrected chi connectivity index (χ0v) is 13.5. The molecule has 6 heteroatoms. The fourth-order valence-corrected chi connectivity index (χ4v) is 2.30. The van der Waals surface area contributed by atoms with Gasteiger partial charge in [0.25, 0.3) is 0 Å². The maximum Gasteiger partial charge on any atom is 0.233 e. The molecule has 0 atom stereocenters. The lowest BCUT2D eigenvalue weighted by Crippen LogP contribution is -2.09. The van der Waals surface area contributed by atoms with Crippen molar-refractivity contribution in [1.82, 2.24) is 9.78 Å². The van der Waals surface area contributed by atoms with Crippen LogP contribution < -0.4 is 4.74 Å². The van der Waals surface area contributed by atoms with Crippen LogP contribution in [-0.2, 0) is 13.0 Å². The van der Waals surface area contributed by atoms with Gasteiger partial charge in [-0.1, -0.05) is 17.7 Å². The third kappa shape index (κ3) is 4.45. The van der Waals surface area contributed by atoms with Crippen molar-refractivity contribution in [3.05, 3.63) is 46.4 Å². The number of aliphatic hydroxyl groups excluding tert-OH is 1. The molecule has 0 spiro atoms. The Morgan fingerprint density at radius 1 is 1.36 bits per heavy atom. The Balaban J connectivity index is 2.24. The Kier molecular flexibility index (Phi) is 5.80. The monoisotopic (exact) mass is 326 g/mol. The number of halogens is 2. The third-order valence-electron chi connectivity index (χ3n) is 3.12. The summed E-state index contributed by atoms with van der Waals surface area (Å²) in [5.41, 5.74) is 1.41. The van der Waals surface area contributed by atoms with Gasteiger partial charge in [0.05, 0.1) is 12.6 Å². The van der Waals surface area contributed by atoms with Gasteiger partial charge >= 0.3 is 0 Å². The lowest BCUT2D eigenvalue weighted by molar-refractivity contribution is 0.230. The van der Waals surface area contributed by atoms with Crippen molar-refractivity contribution < 1.29 is 14.2 Å². The van der Waals surface area contributed by atoms with Gasteiger partial charge in [-0.3, -0.25) is 4.68 Å². The number of aromatic nitrogens is 2. The van der Waals surface area contributed by atoms with Crippen molar-refractivity contribution in [3.63, 3.8) is 0 Å². The fourth-order valence-electron chi connectivity index (χ4n) is 2.14. The van der Waals surface area contributed by atoms with Crippen LogP contribution in [0.5, 0.6) is 5.88 Å². The first-order valence-corrected chi connectivity index (χ1v) is 7.65. The van der Waals surface area contributed by atoms with E-state index in [0.717, 1.165) is 5.69 Å². The van der Waals surface area contributed by atoms with Crippen molar-refractivity contribution in [2.75, 3.05) is 6.61 Å². The molecule has 22 heavy (non-hydrogen) atoms. The molecular weight excluding hydrogens is 307 g/mol. The molecule has 0 unspecified atom stereocenters. The van der Waals surface area contributed by atoms with Crippen molar-refractivity contribution in [2.24, 2.45) is 0 Å². The second kappa shape index (κ2) is 7.61. The largest absolute Gasteiger partial charge is 0.474 e. The summed E-state index contributed by atoms with van der Waals surface area (Å²) in [6.45, 7) is 4.24. The molecule has 0 aliphatic heterocycles. The van der Waals surface area contributed by atoms with Gasteiger partial charge in [0, 0.05) is 29.0 Å². The summed E-state index contributed by atoms with van der Waals surface area (Å²) < 4.78 is 21.2. The van der Waals surface area contributed by atoms with Crippen LogP contribution in [0, 0.1) is 5.82 Å². The minimum absolute atomic E-state index is 0.0151. The van der Waals surface area contributed by atoms with E-state index in [2.05, 4.69) is 5.10 Å². The van der Waals surface area contributed by atoms with E-state index < -0.39 is 0 Å². The second-order valence-corrected chi connectivity index (χ2v) is 5.80. The number of rotatable bonds is 7. The standard InChI is InChI=1S/C16H20ClFN2O2/c1-11(2)22-16-9-14(4-3-7-21)20(19-16)10-12-5-6-13(17)8-15(12)18/h5-6,8-9,11,21H,3-4,7,10H2,1-2H3. The summed E-state index contributed by atoms with van der Waals surface area (Å²) in [5.74, 6) is 0.153. The second-order valence-electron chi connectivity index (χ2n) is 5.36. The van der Waals surface area contributed by atoms with Crippen LogP contribution in [0.2, 0.25) is 5.02 Å². The van der Waals surface area contributed by atoms with Gasteiger partial charge in [-0.25, -0.2) is 4.39 Å². The van der Waals surface area contributed by atoms with E-state index in [1.165, 1.54) is 6.07 Å². The minimum atomic E-state index is -0.359. The Bertz CT molecular complexity index is 629. The molecule has 0 amide bonds. The number of benzene rings is 1. The van der Waals surface area contributed by atoms with Gasteiger partial charge in [-0.2, -0.15) is 0 Å². The first kappa shape index (κ1) is 16.8. The molecule has 0 saturated carbocycles. The van der Waals surface area contributed by atoms with Crippen LogP contribution in [0.4, 0.5) is 4.39 Å². The maximum atomic E-state index is 13.9. The summed E-state index contributed by atoms with van der Waals surface area (Å²) in [7, 11) is 0. The van der Waals surface area contributed by atoms with Gasteiger partial charge < -0.3 is 9.84 Å². The predicted molar refractivity (Wildman–Crippen MR) is 83.9 cm³/mol. The van der Waals surface area contributed by atoms with Crippen molar-refractivity contribution >= 4 is 11.6 Å². The van der Waals surface area contributed by atoms with E-state index in [9.17, 15) is 4.39 Å². The topological polar surface area (TPSA) is 47.3 Å². The third-order valence-corrected chi connectivity index (χ3v) is 3.36. The van der Waals surface area contributed by atoms with Crippen molar-refractivity contribution in [2.45, 2.75) is 39.3 Å². The Hall–Kier alpha value is -1.59. The van der Waals surface area contributed by atoms with Gasteiger partial charge in [0.1, 0.15) is 5.82 Å². The lowest BCUT2D eigenvalue weighted by Gasteiger charge is -2.08. The summed E-state index contributed by atoms with van der Waals surface area (Å²) in [6.07, 6.45) is 1.29. The molecule has 120 valence electrons. The molecule has 0 aliphatic carbocycles. The van der Waals surface area contributed by atoms with E-state index in [4.69, 9.17) is 21.4 Å². The molecule has 1 N–H and O–H groups in total. The number of ether oxygens (including phenoxy) is 1. The number of hydrogen-bond donors (Lipinski definition) is 1. The highest BCUT2D eigenvalue weighted by atomic mass is 35.5. The number of nitrogens with zero attached hydrogens (tertiary/aromatic N) is 2. The molecule has 1 aromatic heterocycles. The van der Waals surface area contributed by atoms with E-state index in [0.29, 0.717) is 35.9 Å². The van der Waals surface area contributed by atoms with Gasteiger partial charge in [-0.15, -0.1) is 5.10 Å². The average molecular weight is 327 g/mol. The molecule has 1 heterocycles. The molecule has 4 nitrogen and oxygen atoms in total. The van der Waals surface area contributed by atoms with Gasteiger partial charge in [0.2, 0.25) is 5.88 Å². The Morgan fingerprint density at radius 2 is 2.14 bits per heavy atom. The number of aliphatic hydroxyl groups is 1. The minimum Gasteiger partial charge on any atom is -0.474 e. The Morgan fingerprint density at radius 3 is 2.77 bits per heavy atom. The molecule has 0 fully saturated rings. The van der Waals surface area contributed by atoms with Crippen LogP contribution >= 0.6 is 11.6 Å². The molecule has 2 aromatic rings. The van der Waals surface area contributed by atoms with Crippen molar-refractivity contribution in [3.8, 4) is 5.88 Å². The molecule has 1 aromatic carbocycles. The molecule has 0 bridgehead atoms. The normalized spacial score (nSPS) is 11.2.